The summed E-state index contributed by atoms with van der Waals surface area (Å²) in [5.74, 6) is 1.29. The van der Waals surface area contributed by atoms with Crippen molar-refractivity contribution in [3.63, 3.8) is 0 Å². The molecule has 2 aromatic carbocycles. The number of nitrogen functional groups attached to an aromatic ring is 1. The lowest BCUT2D eigenvalue weighted by Gasteiger charge is -2.19. The Morgan fingerprint density at radius 1 is 1.05 bits per heavy atom. The molecule has 0 amide bonds. The molecule has 0 spiro atoms. The van der Waals surface area contributed by atoms with Crippen LogP contribution in [0, 0.1) is 0 Å². The third-order valence-corrected chi connectivity index (χ3v) is 3.34. The Labute approximate surface area is 125 Å². The summed E-state index contributed by atoms with van der Waals surface area (Å²) < 4.78 is 5.85. The van der Waals surface area contributed by atoms with Crippen LogP contribution in [0.4, 0.5) is 5.69 Å². The molecule has 0 atom stereocenters. The smallest absolute Gasteiger partial charge is 0.162 e. The highest BCUT2D eigenvalue weighted by molar-refractivity contribution is 5.99. The van der Waals surface area contributed by atoms with Crippen molar-refractivity contribution in [2.75, 3.05) is 5.73 Å². The van der Waals surface area contributed by atoms with E-state index in [1.807, 2.05) is 18.2 Å². The molecule has 0 saturated heterocycles. The van der Waals surface area contributed by atoms with Crippen LogP contribution in [0.25, 0.3) is 0 Å². The number of carbonyl (C=O) groups is 1. The van der Waals surface area contributed by atoms with Crippen LogP contribution < -0.4 is 10.5 Å². The first-order valence-corrected chi connectivity index (χ1v) is 6.96. The topological polar surface area (TPSA) is 52.3 Å². The Bertz CT molecular complexity index is 669. The SMILES string of the molecule is CC(=O)c1cc(Oc2cccc(C(C)(C)C)c2)ccc1N. The Kier molecular flexibility index (Phi) is 4.03. The van der Waals surface area contributed by atoms with Crippen molar-refractivity contribution in [2.45, 2.75) is 33.1 Å². The summed E-state index contributed by atoms with van der Waals surface area (Å²) in [6.07, 6.45) is 0. The van der Waals surface area contributed by atoms with Gasteiger partial charge < -0.3 is 10.5 Å². The van der Waals surface area contributed by atoms with E-state index in [0.29, 0.717) is 17.0 Å². The summed E-state index contributed by atoms with van der Waals surface area (Å²) in [5.41, 5.74) is 8.00. The van der Waals surface area contributed by atoms with Crippen molar-refractivity contribution in [3.05, 3.63) is 53.6 Å². The van der Waals surface area contributed by atoms with Crippen LogP contribution in [0.15, 0.2) is 42.5 Å². The first kappa shape index (κ1) is 15.1. The predicted molar refractivity (Wildman–Crippen MR) is 86.1 cm³/mol. The lowest BCUT2D eigenvalue weighted by Crippen LogP contribution is -2.10. The van der Waals surface area contributed by atoms with Crippen LogP contribution in [-0.4, -0.2) is 5.78 Å². The van der Waals surface area contributed by atoms with Crippen LogP contribution in [0.3, 0.4) is 0 Å². The van der Waals surface area contributed by atoms with Crippen LogP contribution in [-0.2, 0) is 5.41 Å². The molecule has 0 aliphatic carbocycles. The van der Waals surface area contributed by atoms with Crippen molar-refractivity contribution in [1.29, 1.82) is 0 Å². The minimum atomic E-state index is -0.0682. The van der Waals surface area contributed by atoms with Gasteiger partial charge in [0.15, 0.2) is 5.78 Å². The summed E-state index contributed by atoms with van der Waals surface area (Å²) in [7, 11) is 0. The highest BCUT2D eigenvalue weighted by Crippen LogP contribution is 2.29. The second kappa shape index (κ2) is 5.60. The van der Waals surface area contributed by atoms with E-state index in [1.165, 1.54) is 12.5 Å². The number of ketones is 1. The van der Waals surface area contributed by atoms with E-state index >= 15 is 0 Å². The second-order valence-corrected chi connectivity index (χ2v) is 6.19. The zero-order valence-corrected chi connectivity index (χ0v) is 12.9. The van der Waals surface area contributed by atoms with Gasteiger partial charge in [-0.25, -0.2) is 0 Å². The third-order valence-electron chi connectivity index (χ3n) is 3.34. The van der Waals surface area contributed by atoms with Gasteiger partial charge in [0, 0.05) is 11.3 Å². The summed E-state index contributed by atoms with van der Waals surface area (Å²) in [6.45, 7) is 7.96. The van der Waals surface area contributed by atoms with Gasteiger partial charge in [-0.15, -0.1) is 0 Å². The van der Waals surface area contributed by atoms with Crippen molar-refractivity contribution < 1.29 is 9.53 Å². The zero-order chi connectivity index (χ0) is 15.6. The number of carbonyl (C=O) groups excluding carboxylic acids is 1. The first-order chi connectivity index (χ1) is 9.77. The number of ether oxygens (including phenoxy) is 1. The lowest BCUT2D eigenvalue weighted by molar-refractivity contribution is 0.101. The van der Waals surface area contributed by atoms with Gasteiger partial charge in [0.1, 0.15) is 11.5 Å². The molecule has 2 aromatic rings. The van der Waals surface area contributed by atoms with Gasteiger partial charge in [-0.2, -0.15) is 0 Å². The van der Waals surface area contributed by atoms with E-state index in [1.54, 1.807) is 18.2 Å². The standard InChI is InChI=1S/C18H21NO2/c1-12(20)16-11-15(8-9-17(16)19)21-14-7-5-6-13(10-14)18(2,3)4/h5-11H,19H2,1-4H3. The Morgan fingerprint density at radius 2 is 1.71 bits per heavy atom. The van der Waals surface area contributed by atoms with Gasteiger partial charge >= 0.3 is 0 Å². The van der Waals surface area contributed by atoms with E-state index < -0.39 is 0 Å². The van der Waals surface area contributed by atoms with Crippen LogP contribution >= 0.6 is 0 Å². The van der Waals surface area contributed by atoms with E-state index in [0.717, 1.165) is 5.75 Å². The van der Waals surface area contributed by atoms with Crippen LogP contribution in [0.2, 0.25) is 0 Å². The maximum atomic E-state index is 11.5. The minimum Gasteiger partial charge on any atom is -0.457 e. The average molecular weight is 283 g/mol. The van der Waals surface area contributed by atoms with Crippen molar-refractivity contribution in [3.8, 4) is 11.5 Å². The van der Waals surface area contributed by atoms with E-state index in [9.17, 15) is 4.79 Å². The number of anilines is 1. The van der Waals surface area contributed by atoms with Gasteiger partial charge in [0.25, 0.3) is 0 Å². The number of Topliss-reactive ketones (excluding diaryl/α,β-unsaturated/α-hetero) is 1. The molecule has 2 N–H and O–H groups in total. The molecular formula is C18H21NO2. The highest BCUT2D eigenvalue weighted by Gasteiger charge is 2.14. The molecule has 0 fully saturated rings. The lowest BCUT2D eigenvalue weighted by atomic mass is 9.87. The molecule has 0 aliphatic rings. The van der Waals surface area contributed by atoms with Gasteiger partial charge in [-0.05, 0) is 48.2 Å². The Hall–Kier alpha value is -2.29. The number of benzene rings is 2. The molecule has 0 aromatic heterocycles. The van der Waals surface area contributed by atoms with E-state index in [2.05, 4.69) is 26.8 Å². The average Bonchev–Trinajstić information content (AvgIpc) is 2.40. The molecule has 0 heterocycles. The second-order valence-electron chi connectivity index (χ2n) is 6.19. The largest absolute Gasteiger partial charge is 0.457 e. The molecule has 0 bridgehead atoms. The molecule has 110 valence electrons. The predicted octanol–water partition coefficient (Wildman–Crippen LogP) is 4.56. The fraction of sp³-hybridized carbons (Fsp3) is 0.278. The fourth-order valence-electron chi connectivity index (χ4n) is 2.07. The maximum Gasteiger partial charge on any atom is 0.162 e. The monoisotopic (exact) mass is 283 g/mol. The normalized spacial score (nSPS) is 11.2. The Balaban J connectivity index is 2.31. The molecule has 3 heteroatoms. The van der Waals surface area contributed by atoms with E-state index in [4.69, 9.17) is 10.5 Å². The number of hydrogen-bond donors (Lipinski definition) is 1. The maximum absolute atomic E-state index is 11.5. The quantitative estimate of drug-likeness (QED) is 0.663. The van der Waals surface area contributed by atoms with Gasteiger partial charge in [0.05, 0.1) is 0 Å². The van der Waals surface area contributed by atoms with Crippen LogP contribution in [0.5, 0.6) is 11.5 Å². The van der Waals surface area contributed by atoms with Crippen molar-refractivity contribution in [2.24, 2.45) is 0 Å². The Morgan fingerprint density at radius 3 is 2.33 bits per heavy atom. The van der Waals surface area contributed by atoms with Gasteiger partial charge in [0.2, 0.25) is 0 Å². The molecule has 0 aliphatic heterocycles. The highest BCUT2D eigenvalue weighted by atomic mass is 16.5. The molecule has 21 heavy (non-hydrogen) atoms. The van der Waals surface area contributed by atoms with Crippen molar-refractivity contribution >= 4 is 11.5 Å². The molecule has 0 saturated carbocycles. The molecule has 2 rings (SSSR count). The number of nitrogens with two attached hydrogens (primary N) is 1. The van der Waals surface area contributed by atoms with Crippen molar-refractivity contribution in [1.82, 2.24) is 0 Å². The third kappa shape index (κ3) is 3.63. The summed E-state index contributed by atoms with van der Waals surface area (Å²) in [5, 5.41) is 0. The molecule has 0 unspecified atom stereocenters. The van der Waals surface area contributed by atoms with E-state index in [-0.39, 0.29) is 11.2 Å². The molecule has 0 radical (unpaired) electrons. The zero-order valence-electron chi connectivity index (χ0n) is 12.9. The molecular weight excluding hydrogens is 262 g/mol. The van der Waals surface area contributed by atoms with Gasteiger partial charge in [-0.3, -0.25) is 4.79 Å². The minimum absolute atomic E-state index is 0.0605. The molecule has 3 nitrogen and oxygen atoms in total. The summed E-state index contributed by atoms with van der Waals surface area (Å²) in [6, 6.07) is 13.1. The number of hydrogen-bond acceptors (Lipinski definition) is 3. The number of rotatable bonds is 3. The summed E-state index contributed by atoms with van der Waals surface area (Å²) >= 11 is 0. The van der Waals surface area contributed by atoms with Gasteiger partial charge in [-0.1, -0.05) is 32.9 Å². The van der Waals surface area contributed by atoms with Crippen LogP contribution in [0.1, 0.15) is 43.6 Å². The fourth-order valence-corrected chi connectivity index (χ4v) is 2.07. The summed E-state index contributed by atoms with van der Waals surface area (Å²) in [4.78, 5) is 11.5. The first-order valence-electron chi connectivity index (χ1n) is 6.96.